The van der Waals surface area contributed by atoms with E-state index in [1.807, 2.05) is 12.1 Å². The van der Waals surface area contributed by atoms with Gasteiger partial charge in [0.05, 0.1) is 10.0 Å². The lowest BCUT2D eigenvalue weighted by molar-refractivity contribution is -0.115. The molecule has 2 heterocycles. The number of thiocarbonyl (C=S) groups is 1. The van der Waals surface area contributed by atoms with E-state index in [4.69, 9.17) is 39.8 Å². The molecule has 28 heavy (non-hydrogen) atoms. The van der Waals surface area contributed by atoms with Crippen molar-refractivity contribution >= 4 is 52.5 Å². The molecule has 8 heteroatoms. The van der Waals surface area contributed by atoms with Crippen molar-refractivity contribution in [3.63, 3.8) is 0 Å². The summed E-state index contributed by atoms with van der Waals surface area (Å²) >= 11 is 17.3. The van der Waals surface area contributed by atoms with Crippen LogP contribution in [0.2, 0.25) is 10.0 Å². The molecule has 2 N–H and O–H groups in total. The van der Waals surface area contributed by atoms with Gasteiger partial charge >= 0.3 is 0 Å². The largest absolute Gasteiger partial charge is 0.457 e. The summed E-state index contributed by atoms with van der Waals surface area (Å²) in [6, 6.07) is 12.5. The second-order valence-corrected chi connectivity index (χ2v) is 6.86. The first kappa shape index (κ1) is 20.1. The topological polar surface area (TPSA) is 67.2 Å². The Morgan fingerprint density at radius 2 is 2.04 bits per heavy atom. The summed E-state index contributed by atoms with van der Waals surface area (Å²) in [7, 11) is 0. The molecule has 0 aliphatic carbocycles. The molecule has 1 amide bonds. The minimum atomic E-state index is -0.373. The lowest BCUT2D eigenvalue weighted by atomic mass is 10.2. The number of hydrogen-bond donors (Lipinski definition) is 2. The lowest BCUT2D eigenvalue weighted by Crippen LogP contribution is -2.37. The highest BCUT2D eigenvalue weighted by Crippen LogP contribution is 2.34. The van der Waals surface area contributed by atoms with Crippen molar-refractivity contribution in [3.05, 3.63) is 82.3 Å². The SMILES string of the molecule is O=C(C=Cc1ccc(-c2cccc(Cl)c2Cl)o1)NC(=S)NCc1cccnc1. The molecule has 0 fully saturated rings. The highest BCUT2D eigenvalue weighted by Gasteiger charge is 2.10. The average Bonchev–Trinajstić information content (AvgIpc) is 3.16. The predicted octanol–water partition coefficient (Wildman–Crippen LogP) is 4.85. The van der Waals surface area contributed by atoms with Gasteiger partial charge in [-0.3, -0.25) is 15.1 Å². The fraction of sp³-hybridized carbons (Fsp3) is 0.0500. The zero-order chi connectivity index (χ0) is 19.9. The first-order valence-electron chi connectivity index (χ1n) is 8.23. The van der Waals surface area contributed by atoms with Gasteiger partial charge in [0.25, 0.3) is 0 Å². The summed E-state index contributed by atoms with van der Waals surface area (Å²) in [5.41, 5.74) is 1.64. The van der Waals surface area contributed by atoms with Crippen molar-refractivity contribution in [1.29, 1.82) is 0 Å². The van der Waals surface area contributed by atoms with E-state index >= 15 is 0 Å². The van der Waals surface area contributed by atoms with Gasteiger partial charge in [0, 0.05) is 30.6 Å². The molecule has 0 aliphatic heterocycles. The summed E-state index contributed by atoms with van der Waals surface area (Å²) < 4.78 is 5.70. The Labute approximate surface area is 177 Å². The summed E-state index contributed by atoms with van der Waals surface area (Å²) in [5.74, 6) is 0.680. The van der Waals surface area contributed by atoms with Gasteiger partial charge in [0.15, 0.2) is 5.11 Å². The highest BCUT2D eigenvalue weighted by molar-refractivity contribution is 7.80. The Hall–Kier alpha value is -2.67. The third kappa shape index (κ3) is 5.42. The molecule has 0 radical (unpaired) electrons. The number of amides is 1. The van der Waals surface area contributed by atoms with E-state index in [-0.39, 0.29) is 11.0 Å². The minimum absolute atomic E-state index is 0.226. The van der Waals surface area contributed by atoms with E-state index in [2.05, 4.69) is 15.6 Å². The molecule has 1 aromatic carbocycles. The van der Waals surface area contributed by atoms with Crippen molar-refractivity contribution in [2.24, 2.45) is 0 Å². The number of halogens is 2. The summed E-state index contributed by atoms with van der Waals surface area (Å²) in [6.45, 7) is 0.471. The molecular weight excluding hydrogens is 417 g/mol. The van der Waals surface area contributed by atoms with E-state index in [0.717, 1.165) is 5.56 Å². The highest BCUT2D eigenvalue weighted by atomic mass is 35.5. The third-order valence-corrected chi connectivity index (χ3v) is 4.72. The van der Waals surface area contributed by atoms with Crippen molar-refractivity contribution in [3.8, 4) is 11.3 Å². The minimum Gasteiger partial charge on any atom is -0.457 e. The Balaban J connectivity index is 1.55. The number of furan rings is 1. The number of carbonyl (C=O) groups excluding carboxylic acids is 1. The van der Waals surface area contributed by atoms with Crippen LogP contribution >= 0.6 is 35.4 Å². The molecule has 2 aromatic heterocycles. The van der Waals surface area contributed by atoms with Crippen LogP contribution in [0.4, 0.5) is 0 Å². The first-order chi connectivity index (χ1) is 13.5. The van der Waals surface area contributed by atoms with Crippen LogP contribution in [0.5, 0.6) is 0 Å². The molecule has 0 bridgehead atoms. The smallest absolute Gasteiger partial charge is 0.250 e. The van der Waals surface area contributed by atoms with Gasteiger partial charge in [-0.2, -0.15) is 0 Å². The first-order valence-corrected chi connectivity index (χ1v) is 9.39. The fourth-order valence-corrected chi connectivity index (χ4v) is 2.89. The average molecular weight is 432 g/mol. The quantitative estimate of drug-likeness (QED) is 0.446. The molecular formula is C20H15Cl2N3O2S. The zero-order valence-corrected chi connectivity index (χ0v) is 16.8. The van der Waals surface area contributed by atoms with Crippen LogP contribution in [0.25, 0.3) is 17.4 Å². The summed E-state index contributed by atoms with van der Waals surface area (Å²) in [6.07, 6.45) is 6.29. The predicted molar refractivity (Wildman–Crippen MR) is 115 cm³/mol. The van der Waals surface area contributed by atoms with Crippen LogP contribution in [0.1, 0.15) is 11.3 Å². The molecule has 0 saturated carbocycles. The normalized spacial score (nSPS) is 10.8. The van der Waals surface area contributed by atoms with Crippen LogP contribution in [0, 0.1) is 0 Å². The van der Waals surface area contributed by atoms with Crippen LogP contribution in [-0.2, 0) is 11.3 Å². The van der Waals surface area contributed by atoms with Gasteiger partial charge in [0.2, 0.25) is 5.91 Å². The standard InChI is InChI=1S/C20H15Cl2N3O2S/c21-16-5-1-4-15(19(16)22)17-8-6-14(27-17)7-9-18(26)25-20(28)24-12-13-3-2-10-23-11-13/h1-11H,12H2,(H2,24,25,26,28). The van der Waals surface area contributed by atoms with Crippen molar-refractivity contribution in [1.82, 2.24) is 15.6 Å². The molecule has 0 spiro atoms. The van der Waals surface area contributed by atoms with E-state index in [1.165, 1.54) is 6.08 Å². The van der Waals surface area contributed by atoms with E-state index in [9.17, 15) is 4.79 Å². The fourth-order valence-electron chi connectivity index (χ4n) is 2.32. The number of rotatable bonds is 5. The van der Waals surface area contributed by atoms with Crippen LogP contribution in [0.15, 0.2) is 65.4 Å². The molecule has 142 valence electrons. The number of nitrogens with one attached hydrogen (secondary N) is 2. The molecule has 0 saturated heterocycles. The maximum absolute atomic E-state index is 12.0. The molecule has 5 nitrogen and oxygen atoms in total. The third-order valence-electron chi connectivity index (χ3n) is 3.66. The van der Waals surface area contributed by atoms with Crippen LogP contribution in [-0.4, -0.2) is 16.0 Å². The summed E-state index contributed by atoms with van der Waals surface area (Å²) in [4.78, 5) is 16.0. The Morgan fingerprint density at radius 1 is 1.18 bits per heavy atom. The van der Waals surface area contributed by atoms with Gasteiger partial charge < -0.3 is 9.73 Å². The monoisotopic (exact) mass is 431 g/mol. The van der Waals surface area contributed by atoms with Gasteiger partial charge in [-0.25, -0.2) is 0 Å². The van der Waals surface area contributed by atoms with Gasteiger partial charge in [-0.05, 0) is 54.2 Å². The number of hydrogen-bond acceptors (Lipinski definition) is 4. The summed E-state index contributed by atoms with van der Waals surface area (Å²) in [5, 5.41) is 6.59. The van der Waals surface area contributed by atoms with Gasteiger partial charge in [0.1, 0.15) is 11.5 Å². The number of carbonyl (C=O) groups is 1. The maximum atomic E-state index is 12.0. The molecule has 0 aliphatic rings. The van der Waals surface area contributed by atoms with Crippen LogP contribution in [0.3, 0.4) is 0 Å². The van der Waals surface area contributed by atoms with Gasteiger partial charge in [-0.1, -0.05) is 35.3 Å². The second-order valence-electron chi connectivity index (χ2n) is 5.67. The molecule has 0 unspecified atom stereocenters. The van der Waals surface area contributed by atoms with E-state index in [0.29, 0.717) is 33.7 Å². The molecule has 0 atom stereocenters. The number of nitrogens with zero attached hydrogens (tertiary/aromatic N) is 1. The second kappa shape index (κ2) is 9.50. The zero-order valence-electron chi connectivity index (χ0n) is 14.5. The van der Waals surface area contributed by atoms with Crippen LogP contribution < -0.4 is 10.6 Å². The van der Waals surface area contributed by atoms with Crippen molar-refractivity contribution < 1.29 is 9.21 Å². The van der Waals surface area contributed by atoms with Gasteiger partial charge in [-0.15, -0.1) is 0 Å². The number of aromatic nitrogens is 1. The van der Waals surface area contributed by atoms with Crippen molar-refractivity contribution in [2.75, 3.05) is 0 Å². The van der Waals surface area contributed by atoms with E-state index in [1.54, 1.807) is 48.8 Å². The Kier molecular flexibility index (Phi) is 6.81. The number of pyridine rings is 1. The Bertz CT molecular complexity index is 1020. The Morgan fingerprint density at radius 3 is 2.82 bits per heavy atom. The van der Waals surface area contributed by atoms with Crippen molar-refractivity contribution in [2.45, 2.75) is 6.54 Å². The van der Waals surface area contributed by atoms with E-state index < -0.39 is 0 Å². The molecule has 3 rings (SSSR count). The maximum Gasteiger partial charge on any atom is 0.250 e. The molecule has 3 aromatic rings. The number of benzene rings is 1. The lowest BCUT2D eigenvalue weighted by Gasteiger charge is -2.07.